The number of hydrogen-bond donors (Lipinski definition) is 1. The number of rotatable bonds is 4. The Hall–Kier alpha value is -1.35. The highest BCUT2D eigenvalue weighted by Gasteiger charge is 2.33. The maximum Gasteiger partial charge on any atom is 0.317 e. The Morgan fingerprint density at radius 1 is 1.00 bits per heavy atom. The van der Waals surface area contributed by atoms with E-state index in [1.165, 1.54) is 10.6 Å². The number of carbonyl (C=O) groups excluding carboxylic acids is 2. The first-order valence-electron chi connectivity index (χ1n) is 8.59. The second-order valence-corrected chi connectivity index (χ2v) is 8.46. The highest BCUT2D eigenvalue weighted by atomic mass is 32.2. The summed E-state index contributed by atoms with van der Waals surface area (Å²) >= 11 is 0. The van der Waals surface area contributed by atoms with Crippen molar-refractivity contribution >= 4 is 22.0 Å². The van der Waals surface area contributed by atoms with E-state index >= 15 is 0 Å². The SMILES string of the molecule is CCCNC(=O)N1CCN(C(=O)C2CCN(S(C)(=O)=O)CC2)CC1. The second-order valence-electron chi connectivity index (χ2n) is 6.48. The Balaban J connectivity index is 1.78. The smallest absolute Gasteiger partial charge is 0.317 e. The van der Waals surface area contributed by atoms with Crippen molar-refractivity contribution in [2.45, 2.75) is 26.2 Å². The predicted molar refractivity (Wildman–Crippen MR) is 91.0 cm³/mol. The molecule has 0 aromatic heterocycles. The molecule has 0 aliphatic carbocycles. The van der Waals surface area contributed by atoms with Crippen molar-refractivity contribution in [2.24, 2.45) is 5.92 Å². The third-order valence-corrected chi connectivity index (χ3v) is 5.98. The van der Waals surface area contributed by atoms with Crippen molar-refractivity contribution in [2.75, 3.05) is 52.1 Å². The monoisotopic (exact) mass is 360 g/mol. The van der Waals surface area contributed by atoms with Crippen LogP contribution in [-0.2, 0) is 14.8 Å². The molecule has 0 bridgehead atoms. The predicted octanol–water partition coefficient (Wildman–Crippen LogP) is -0.0782. The van der Waals surface area contributed by atoms with E-state index in [0.717, 1.165) is 6.42 Å². The van der Waals surface area contributed by atoms with E-state index in [9.17, 15) is 18.0 Å². The van der Waals surface area contributed by atoms with Crippen LogP contribution >= 0.6 is 0 Å². The van der Waals surface area contributed by atoms with Crippen molar-refractivity contribution in [1.29, 1.82) is 0 Å². The first kappa shape index (κ1) is 19.0. The van der Waals surface area contributed by atoms with Crippen LogP contribution in [0.5, 0.6) is 0 Å². The molecule has 138 valence electrons. The molecule has 0 aromatic carbocycles. The van der Waals surface area contributed by atoms with Gasteiger partial charge in [0, 0.05) is 51.7 Å². The maximum absolute atomic E-state index is 12.6. The van der Waals surface area contributed by atoms with Gasteiger partial charge in [0.2, 0.25) is 15.9 Å². The number of amides is 3. The molecular formula is C15H28N4O4S. The van der Waals surface area contributed by atoms with Crippen molar-refractivity contribution in [1.82, 2.24) is 19.4 Å². The summed E-state index contributed by atoms with van der Waals surface area (Å²) in [5.41, 5.74) is 0. The molecule has 8 nitrogen and oxygen atoms in total. The Morgan fingerprint density at radius 2 is 1.54 bits per heavy atom. The fourth-order valence-electron chi connectivity index (χ4n) is 3.17. The van der Waals surface area contributed by atoms with Gasteiger partial charge in [0.05, 0.1) is 6.26 Å². The van der Waals surface area contributed by atoms with Crippen LogP contribution in [0.2, 0.25) is 0 Å². The Morgan fingerprint density at radius 3 is 2.04 bits per heavy atom. The lowest BCUT2D eigenvalue weighted by Gasteiger charge is -2.38. The number of carbonyl (C=O) groups is 2. The summed E-state index contributed by atoms with van der Waals surface area (Å²) in [6.07, 6.45) is 3.25. The van der Waals surface area contributed by atoms with Crippen LogP contribution in [-0.4, -0.2) is 86.5 Å². The highest BCUT2D eigenvalue weighted by Crippen LogP contribution is 2.22. The van der Waals surface area contributed by atoms with Crippen LogP contribution < -0.4 is 5.32 Å². The topological polar surface area (TPSA) is 90.0 Å². The highest BCUT2D eigenvalue weighted by molar-refractivity contribution is 7.88. The number of nitrogens with zero attached hydrogens (tertiary/aromatic N) is 3. The summed E-state index contributed by atoms with van der Waals surface area (Å²) in [6, 6.07) is -0.0644. The zero-order valence-electron chi connectivity index (χ0n) is 14.5. The molecule has 2 heterocycles. The van der Waals surface area contributed by atoms with Gasteiger partial charge in [-0.3, -0.25) is 4.79 Å². The van der Waals surface area contributed by atoms with Gasteiger partial charge in [-0.1, -0.05) is 6.92 Å². The average molecular weight is 360 g/mol. The zero-order valence-corrected chi connectivity index (χ0v) is 15.3. The molecule has 3 amide bonds. The van der Waals surface area contributed by atoms with Crippen molar-refractivity contribution in [3.63, 3.8) is 0 Å². The van der Waals surface area contributed by atoms with Crippen LogP contribution in [0.15, 0.2) is 0 Å². The van der Waals surface area contributed by atoms with E-state index in [2.05, 4.69) is 5.32 Å². The van der Waals surface area contributed by atoms with Crippen LogP contribution in [0.4, 0.5) is 4.79 Å². The van der Waals surface area contributed by atoms with E-state index in [-0.39, 0.29) is 17.9 Å². The first-order valence-corrected chi connectivity index (χ1v) is 10.4. The standard InChI is InChI=1S/C15H28N4O4S/c1-3-6-16-15(21)18-11-9-17(10-12-18)14(20)13-4-7-19(8-5-13)24(2,22)23/h13H,3-12H2,1-2H3,(H,16,21). The summed E-state index contributed by atoms with van der Waals surface area (Å²) in [4.78, 5) is 28.1. The van der Waals surface area contributed by atoms with E-state index in [1.807, 2.05) is 11.8 Å². The quantitative estimate of drug-likeness (QED) is 0.759. The van der Waals surface area contributed by atoms with Gasteiger partial charge in [-0.15, -0.1) is 0 Å². The molecule has 1 N–H and O–H groups in total. The van der Waals surface area contributed by atoms with Crippen LogP contribution in [0.1, 0.15) is 26.2 Å². The fourth-order valence-corrected chi connectivity index (χ4v) is 4.04. The maximum atomic E-state index is 12.6. The number of nitrogens with one attached hydrogen (secondary N) is 1. The lowest BCUT2D eigenvalue weighted by atomic mass is 9.96. The number of urea groups is 1. The van der Waals surface area contributed by atoms with Crippen molar-refractivity contribution in [3.05, 3.63) is 0 Å². The van der Waals surface area contributed by atoms with E-state index < -0.39 is 10.0 Å². The summed E-state index contributed by atoms with van der Waals surface area (Å²) in [5, 5.41) is 2.85. The summed E-state index contributed by atoms with van der Waals surface area (Å²) in [7, 11) is -3.17. The van der Waals surface area contributed by atoms with Gasteiger partial charge in [0.1, 0.15) is 0 Å². The van der Waals surface area contributed by atoms with Gasteiger partial charge in [0.15, 0.2) is 0 Å². The van der Waals surface area contributed by atoms with Gasteiger partial charge >= 0.3 is 6.03 Å². The van der Waals surface area contributed by atoms with Gasteiger partial charge < -0.3 is 15.1 Å². The molecule has 2 aliphatic rings. The summed E-state index contributed by atoms with van der Waals surface area (Å²) in [5.74, 6) is -0.0137. The molecule has 0 atom stereocenters. The normalized spacial score (nSPS) is 20.9. The molecule has 2 aliphatic heterocycles. The van der Waals surface area contributed by atoms with Crippen molar-refractivity contribution in [3.8, 4) is 0 Å². The third-order valence-electron chi connectivity index (χ3n) is 4.68. The molecule has 0 unspecified atom stereocenters. The van der Waals surface area contributed by atoms with E-state index in [1.54, 1.807) is 4.90 Å². The Bertz CT molecular complexity index is 550. The largest absolute Gasteiger partial charge is 0.339 e. The lowest BCUT2D eigenvalue weighted by Crippen LogP contribution is -2.55. The molecule has 2 fully saturated rings. The molecule has 0 radical (unpaired) electrons. The fraction of sp³-hybridized carbons (Fsp3) is 0.867. The molecule has 0 spiro atoms. The van der Waals surface area contributed by atoms with Gasteiger partial charge in [0.25, 0.3) is 0 Å². The van der Waals surface area contributed by atoms with Gasteiger partial charge in [-0.2, -0.15) is 0 Å². The molecule has 0 aromatic rings. The third kappa shape index (κ3) is 4.83. The number of piperazine rings is 1. The lowest BCUT2D eigenvalue weighted by molar-refractivity contribution is -0.138. The molecule has 24 heavy (non-hydrogen) atoms. The van der Waals surface area contributed by atoms with Gasteiger partial charge in [-0.05, 0) is 19.3 Å². The Labute approximate surface area is 144 Å². The van der Waals surface area contributed by atoms with Crippen LogP contribution in [0, 0.1) is 5.92 Å². The minimum Gasteiger partial charge on any atom is -0.339 e. The summed E-state index contributed by atoms with van der Waals surface area (Å²) < 4.78 is 24.5. The molecule has 2 saturated heterocycles. The zero-order chi connectivity index (χ0) is 17.7. The molecule has 9 heteroatoms. The number of sulfonamides is 1. The number of hydrogen-bond acceptors (Lipinski definition) is 4. The Kier molecular flexibility index (Phi) is 6.45. The van der Waals surface area contributed by atoms with Crippen LogP contribution in [0.25, 0.3) is 0 Å². The van der Waals surface area contributed by atoms with Crippen LogP contribution in [0.3, 0.4) is 0 Å². The van der Waals surface area contributed by atoms with E-state index in [0.29, 0.717) is 58.7 Å². The molecule has 0 saturated carbocycles. The van der Waals surface area contributed by atoms with Crippen molar-refractivity contribution < 1.29 is 18.0 Å². The van der Waals surface area contributed by atoms with E-state index in [4.69, 9.17) is 0 Å². The number of piperidine rings is 1. The average Bonchev–Trinajstić information content (AvgIpc) is 2.58. The van der Waals surface area contributed by atoms with Gasteiger partial charge in [-0.25, -0.2) is 17.5 Å². The summed E-state index contributed by atoms with van der Waals surface area (Å²) in [6.45, 7) is 5.67. The second kappa shape index (κ2) is 8.15. The first-order chi connectivity index (χ1) is 11.3. The molecular weight excluding hydrogens is 332 g/mol. The minimum absolute atomic E-state index is 0.0644. The minimum atomic E-state index is -3.17. The molecule has 2 rings (SSSR count).